The Morgan fingerprint density at radius 3 is 2.74 bits per heavy atom. The third-order valence-corrected chi connectivity index (χ3v) is 6.83. The van der Waals surface area contributed by atoms with Crippen LogP contribution in [0.4, 0.5) is 0 Å². The number of hydrogen-bond donors (Lipinski definition) is 0. The molecule has 6 nitrogen and oxygen atoms in total. The van der Waals surface area contributed by atoms with E-state index in [0.717, 1.165) is 41.2 Å². The number of unbranched alkanes of at least 4 members (excludes halogenated alkanes) is 3. The van der Waals surface area contributed by atoms with E-state index in [0.29, 0.717) is 15.3 Å². The summed E-state index contributed by atoms with van der Waals surface area (Å²) < 4.78 is 13.8. The van der Waals surface area contributed by atoms with E-state index in [4.69, 9.17) is 9.47 Å². The molecule has 5 rings (SSSR count). The van der Waals surface area contributed by atoms with Crippen LogP contribution in [0.2, 0.25) is 0 Å². The maximum Gasteiger partial charge on any atom is 0.291 e. The molecule has 2 aromatic carbocycles. The molecule has 0 amide bonds. The monoisotopic (exact) mass is 473 g/mol. The molecule has 4 aromatic rings. The van der Waals surface area contributed by atoms with Crippen LogP contribution in [0.1, 0.15) is 45.1 Å². The predicted octanol–water partition coefficient (Wildman–Crippen LogP) is 5.14. The lowest BCUT2D eigenvalue weighted by molar-refractivity contribution is 0.259. The molecule has 0 bridgehead atoms. The number of ether oxygens (including phenoxy) is 2. The normalized spacial score (nSPS) is 15.8. The Kier molecular flexibility index (Phi) is 6.45. The fourth-order valence-corrected chi connectivity index (χ4v) is 4.86. The highest BCUT2D eigenvalue weighted by atomic mass is 32.1. The van der Waals surface area contributed by atoms with Gasteiger partial charge in [0, 0.05) is 11.1 Å². The van der Waals surface area contributed by atoms with Gasteiger partial charge >= 0.3 is 0 Å². The lowest BCUT2D eigenvalue weighted by Gasteiger charge is -2.22. The van der Waals surface area contributed by atoms with Crippen molar-refractivity contribution in [1.29, 1.82) is 0 Å². The average molecular weight is 474 g/mol. The van der Waals surface area contributed by atoms with Gasteiger partial charge in [-0.2, -0.15) is 9.50 Å². The van der Waals surface area contributed by atoms with Gasteiger partial charge in [0.2, 0.25) is 4.96 Å². The number of hydrogen-bond acceptors (Lipinski definition) is 6. The Morgan fingerprint density at radius 2 is 1.94 bits per heavy atom. The number of nitrogens with zero attached hydrogens (tertiary/aromatic N) is 3. The van der Waals surface area contributed by atoms with Gasteiger partial charge in [-0.3, -0.25) is 4.79 Å². The van der Waals surface area contributed by atoms with Gasteiger partial charge in [0.25, 0.3) is 5.56 Å². The van der Waals surface area contributed by atoms with Crippen LogP contribution in [0.15, 0.2) is 58.9 Å². The highest BCUT2D eigenvalue weighted by Crippen LogP contribution is 2.29. The molecule has 0 saturated heterocycles. The van der Waals surface area contributed by atoms with Gasteiger partial charge < -0.3 is 9.47 Å². The summed E-state index contributed by atoms with van der Waals surface area (Å²) in [4.78, 5) is 18.2. The molecule has 3 heterocycles. The van der Waals surface area contributed by atoms with Crippen molar-refractivity contribution >= 4 is 28.4 Å². The second kappa shape index (κ2) is 9.81. The molecule has 174 valence electrons. The molecule has 0 radical (unpaired) electrons. The summed E-state index contributed by atoms with van der Waals surface area (Å²) in [5.74, 6) is 2.22. The molecule has 0 fully saturated rings. The molecule has 7 heteroatoms. The van der Waals surface area contributed by atoms with Crippen molar-refractivity contribution in [3.8, 4) is 22.9 Å². The molecule has 1 aliphatic rings. The molecule has 0 aliphatic carbocycles. The smallest absolute Gasteiger partial charge is 0.291 e. The Labute approximate surface area is 202 Å². The third-order valence-electron chi connectivity index (χ3n) is 5.87. The molecule has 1 unspecified atom stereocenters. The molecule has 0 N–H and O–H groups in total. The van der Waals surface area contributed by atoms with Gasteiger partial charge in [0.05, 0.1) is 11.1 Å². The molecule has 0 spiro atoms. The fourth-order valence-electron chi connectivity index (χ4n) is 3.95. The summed E-state index contributed by atoms with van der Waals surface area (Å²) in [7, 11) is 0. The molecule has 1 aliphatic heterocycles. The van der Waals surface area contributed by atoms with Crippen molar-refractivity contribution in [2.45, 2.75) is 45.6 Å². The Hall–Kier alpha value is -3.45. The molecular formula is C27H27N3O3S. The van der Waals surface area contributed by atoms with Crippen LogP contribution in [0.25, 0.3) is 28.5 Å². The van der Waals surface area contributed by atoms with Gasteiger partial charge in [-0.05, 0) is 61.4 Å². The van der Waals surface area contributed by atoms with E-state index in [1.807, 2.05) is 61.5 Å². The minimum absolute atomic E-state index is 0.139. The molecular weight excluding hydrogens is 446 g/mol. The standard InChI is InChI=1S/C27H27N3O3S/c1-3-4-5-8-15-32-22-13-11-19(12-14-22)25-28-27-30(29-25)26(31)24(34-27)17-21-16-20-9-6-7-10-23(20)33-18(21)2/h6-7,9-14,16-18H,3-5,8,15H2,1-2H3/b24-17+. The van der Waals surface area contributed by atoms with Crippen LogP contribution in [0.3, 0.4) is 0 Å². The largest absolute Gasteiger partial charge is 0.494 e. The zero-order valence-electron chi connectivity index (χ0n) is 19.4. The van der Waals surface area contributed by atoms with E-state index >= 15 is 0 Å². The van der Waals surface area contributed by atoms with E-state index in [9.17, 15) is 4.79 Å². The van der Waals surface area contributed by atoms with Gasteiger partial charge in [0.15, 0.2) is 5.82 Å². The maximum absolute atomic E-state index is 13.0. The summed E-state index contributed by atoms with van der Waals surface area (Å²) in [6, 6.07) is 15.6. The van der Waals surface area contributed by atoms with Crippen LogP contribution in [0.5, 0.6) is 11.5 Å². The first-order valence-electron chi connectivity index (χ1n) is 11.7. The van der Waals surface area contributed by atoms with Crippen LogP contribution >= 0.6 is 11.3 Å². The number of para-hydroxylation sites is 1. The third kappa shape index (κ3) is 4.61. The minimum atomic E-state index is -0.169. The summed E-state index contributed by atoms with van der Waals surface area (Å²) in [6.45, 7) is 4.91. The van der Waals surface area contributed by atoms with Crippen molar-refractivity contribution in [3.05, 3.63) is 74.6 Å². The van der Waals surface area contributed by atoms with Crippen molar-refractivity contribution in [2.24, 2.45) is 0 Å². The topological polar surface area (TPSA) is 65.7 Å². The van der Waals surface area contributed by atoms with Crippen LogP contribution in [-0.2, 0) is 0 Å². The van der Waals surface area contributed by atoms with E-state index in [1.54, 1.807) is 0 Å². The summed E-state index contributed by atoms with van der Waals surface area (Å²) >= 11 is 1.34. The molecule has 1 atom stereocenters. The number of thiazole rings is 1. The predicted molar refractivity (Wildman–Crippen MR) is 136 cm³/mol. The fraction of sp³-hybridized carbons (Fsp3) is 0.296. The lowest BCUT2D eigenvalue weighted by atomic mass is 10.0. The van der Waals surface area contributed by atoms with Gasteiger partial charge in [-0.1, -0.05) is 55.7 Å². The number of fused-ring (bicyclic) bond motifs is 2. The van der Waals surface area contributed by atoms with Crippen LogP contribution in [0, 0.1) is 0 Å². The quantitative estimate of drug-likeness (QED) is 0.332. The molecule has 34 heavy (non-hydrogen) atoms. The van der Waals surface area contributed by atoms with Crippen molar-refractivity contribution in [2.75, 3.05) is 6.61 Å². The van der Waals surface area contributed by atoms with Crippen molar-refractivity contribution in [1.82, 2.24) is 14.6 Å². The van der Waals surface area contributed by atoms with E-state index in [-0.39, 0.29) is 11.7 Å². The minimum Gasteiger partial charge on any atom is -0.494 e. The van der Waals surface area contributed by atoms with Crippen molar-refractivity contribution < 1.29 is 9.47 Å². The summed E-state index contributed by atoms with van der Waals surface area (Å²) in [5.41, 5.74) is 2.64. The Morgan fingerprint density at radius 1 is 1.12 bits per heavy atom. The summed E-state index contributed by atoms with van der Waals surface area (Å²) in [6.07, 6.45) is 8.53. The number of benzene rings is 2. The Bertz CT molecular complexity index is 1440. The first-order chi connectivity index (χ1) is 16.6. The molecule has 0 saturated carbocycles. The maximum atomic E-state index is 13.0. The van der Waals surface area contributed by atoms with Gasteiger partial charge in [-0.25, -0.2) is 0 Å². The number of rotatable bonds is 8. The van der Waals surface area contributed by atoms with E-state index in [1.165, 1.54) is 35.1 Å². The summed E-state index contributed by atoms with van der Waals surface area (Å²) in [5, 5.41) is 4.47. The van der Waals surface area contributed by atoms with Gasteiger partial charge in [-0.15, -0.1) is 5.10 Å². The zero-order chi connectivity index (χ0) is 23.5. The van der Waals surface area contributed by atoms with Crippen LogP contribution < -0.4 is 19.6 Å². The zero-order valence-corrected chi connectivity index (χ0v) is 20.2. The SMILES string of the molecule is CCCCCCOc1ccc(-c2nc3s/c(=C/C4=Cc5ccccc5OC4C)c(=O)n3n2)cc1. The molecule has 2 aromatic heterocycles. The lowest BCUT2D eigenvalue weighted by Crippen LogP contribution is -2.26. The van der Waals surface area contributed by atoms with Crippen molar-refractivity contribution in [3.63, 3.8) is 0 Å². The van der Waals surface area contributed by atoms with E-state index < -0.39 is 0 Å². The number of aromatic nitrogens is 3. The highest BCUT2D eigenvalue weighted by molar-refractivity contribution is 7.15. The van der Waals surface area contributed by atoms with E-state index in [2.05, 4.69) is 23.1 Å². The van der Waals surface area contributed by atoms with Gasteiger partial charge in [0.1, 0.15) is 17.6 Å². The van der Waals surface area contributed by atoms with Crippen LogP contribution in [-0.4, -0.2) is 27.3 Å². The first-order valence-corrected chi connectivity index (χ1v) is 12.6. The highest BCUT2D eigenvalue weighted by Gasteiger charge is 2.18. The Balaban J connectivity index is 1.35. The second-order valence-corrected chi connectivity index (χ2v) is 9.43. The second-order valence-electron chi connectivity index (χ2n) is 8.42. The average Bonchev–Trinajstić information content (AvgIpc) is 3.39. The first kappa shape index (κ1) is 22.3.